The molecular formula is C14H14Cl2O2S. The Morgan fingerprint density at radius 1 is 0.947 bits per heavy atom. The van der Waals surface area contributed by atoms with Crippen LogP contribution in [0.4, 0.5) is 0 Å². The van der Waals surface area contributed by atoms with Gasteiger partial charge in [-0.2, -0.15) is 0 Å². The number of benzene rings is 1. The van der Waals surface area contributed by atoms with Gasteiger partial charge in [0.25, 0.3) is 0 Å². The van der Waals surface area contributed by atoms with E-state index in [1.165, 1.54) is 11.3 Å². The molecule has 0 radical (unpaired) electrons. The van der Waals surface area contributed by atoms with Crippen molar-refractivity contribution in [1.82, 2.24) is 0 Å². The Morgan fingerprint density at radius 2 is 1.58 bits per heavy atom. The minimum Gasteiger partial charge on any atom is -0.395 e. The molecule has 102 valence electrons. The van der Waals surface area contributed by atoms with E-state index in [1.807, 2.05) is 24.3 Å². The first-order chi connectivity index (χ1) is 9.09. The third-order valence-corrected chi connectivity index (χ3v) is 4.69. The molecule has 19 heavy (non-hydrogen) atoms. The number of thiophene rings is 1. The molecule has 1 aromatic carbocycles. The Labute approximate surface area is 126 Å². The van der Waals surface area contributed by atoms with E-state index in [2.05, 4.69) is 0 Å². The number of hydrogen-bond acceptors (Lipinski definition) is 3. The fourth-order valence-corrected chi connectivity index (χ4v) is 3.39. The Bertz CT molecular complexity index is 533. The molecule has 5 heteroatoms. The molecule has 0 atom stereocenters. The first-order valence-electron chi connectivity index (χ1n) is 5.81. The standard InChI is InChI=1S/C14H14Cl2O2S/c15-11-3-1-10(2-4-11)14(8-17,9-18)7-12-5-6-13(16)19-12/h1-6,17-18H,7-9H2. The van der Waals surface area contributed by atoms with Crippen molar-refractivity contribution in [1.29, 1.82) is 0 Å². The van der Waals surface area contributed by atoms with E-state index < -0.39 is 5.41 Å². The summed E-state index contributed by atoms with van der Waals surface area (Å²) in [6.45, 7) is -0.276. The molecule has 2 nitrogen and oxygen atoms in total. The van der Waals surface area contributed by atoms with Crippen LogP contribution in [0.15, 0.2) is 36.4 Å². The molecule has 0 saturated carbocycles. The Morgan fingerprint density at radius 3 is 2.05 bits per heavy atom. The molecule has 0 fully saturated rings. The van der Waals surface area contributed by atoms with Crippen molar-refractivity contribution >= 4 is 34.5 Å². The number of halogens is 2. The van der Waals surface area contributed by atoms with Crippen molar-refractivity contribution < 1.29 is 10.2 Å². The minimum atomic E-state index is -0.710. The summed E-state index contributed by atoms with van der Waals surface area (Å²) < 4.78 is 0.705. The van der Waals surface area contributed by atoms with Crippen LogP contribution in [0.3, 0.4) is 0 Å². The number of hydrogen-bond donors (Lipinski definition) is 2. The van der Waals surface area contributed by atoms with Crippen molar-refractivity contribution in [2.45, 2.75) is 11.8 Å². The van der Waals surface area contributed by atoms with Crippen molar-refractivity contribution in [2.24, 2.45) is 0 Å². The fraction of sp³-hybridized carbons (Fsp3) is 0.286. The smallest absolute Gasteiger partial charge is 0.0931 e. The van der Waals surface area contributed by atoms with E-state index in [1.54, 1.807) is 12.1 Å². The van der Waals surface area contributed by atoms with Gasteiger partial charge in [0.15, 0.2) is 0 Å². The van der Waals surface area contributed by atoms with Crippen LogP contribution in [-0.2, 0) is 11.8 Å². The summed E-state index contributed by atoms with van der Waals surface area (Å²) in [6, 6.07) is 10.9. The second-order valence-electron chi connectivity index (χ2n) is 4.49. The average Bonchev–Trinajstić information content (AvgIpc) is 2.82. The number of aliphatic hydroxyl groups excluding tert-OH is 2. The first-order valence-corrected chi connectivity index (χ1v) is 7.39. The lowest BCUT2D eigenvalue weighted by molar-refractivity contribution is 0.117. The van der Waals surface area contributed by atoms with Crippen molar-refractivity contribution in [3.8, 4) is 0 Å². The van der Waals surface area contributed by atoms with Gasteiger partial charge in [0.2, 0.25) is 0 Å². The Balaban J connectivity index is 2.33. The number of aliphatic hydroxyl groups is 2. The largest absolute Gasteiger partial charge is 0.395 e. The predicted molar refractivity (Wildman–Crippen MR) is 80.3 cm³/mol. The molecule has 0 spiro atoms. The van der Waals surface area contributed by atoms with Crippen LogP contribution in [0.25, 0.3) is 0 Å². The molecule has 0 aliphatic heterocycles. The maximum Gasteiger partial charge on any atom is 0.0931 e. The van der Waals surface area contributed by atoms with Crippen LogP contribution in [0.2, 0.25) is 9.36 Å². The summed E-state index contributed by atoms with van der Waals surface area (Å²) >= 11 is 13.3. The Kier molecular flexibility index (Phi) is 4.87. The van der Waals surface area contributed by atoms with Gasteiger partial charge in [0.1, 0.15) is 0 Å². The lowest BCUT2D eigenvalue weighted by Crippen LogP contribution is -2.37. The minimum absolute atomic E-state index is 0.138. The van der Waals surface area contributed by atoms with Gasteiger partial charge in [-0.3, -0.25) is 0 Å². The summed E-state index contributed by atoms with van der Waals surface area (Å²) in [5.41, 5.74) is 0.158. The zero-order valence-corrected chi connectivity index (χ0v) is 12.5. The fourth-order valence-electron chi connectivity index (χ4n) is 2.03. The zero-order chi connectivity index (χ0) is 13.9. The summed E-state index contributed by atoms with van der Waals surface area (Å²) in [4.78, 5) is 1.03. The van der Waals surface area contributed by atoms with E-state index in [0.717, 1.165) is 10.4 Å². The van der Waals surface area contributed by atoms with E-state index in [4.69, 9.17) is 23.2 Å². The lowest BCUT2D eigenvalue weighted by Gasteiger charge is -2.30. The maximum atomic E-state index is 9.75. The van der Waals surface area contributed by atoms with Crippen LogP contribution in [0.1, 0.15) is 10.4 Å². The normalized spacial score (nSPS) is 11.8. The zero-order valence-electron chi connectivity index (χ0n) is 10.1. The molecule has 0 aliphatic carbocycles. The number of rotatable bonds is 5. The van der Waals surface area contributed by atoms with Gasteiger partial charge in [0, 0.05) is 15.3 Å². The highest BCUT2D eigenvalue weighted by Crippen LogP contribution is 2.32. The maximum absolute atomic E-state index is 9.75. The van der Waals surface area contributed by atoms with Crippen LogP contribution in [0, 0.1) is 0 Å². The quantitative estimate of drug-likeness (QED) is 0.886. The second-order valence-corrected chi connectivity index (χ2v) is 6.72. The van der Waals surface area contributed by atoms with Gasteiger partial charge >= 0.3 is 0 Å². The molecule has 0 amide bonds. The van der Waals surface area contributed by atoms with Gasteiger partial charge in [-0.15, -0.1) is 11.3 Å². The van der Waals surface area contributed by atoms with Gasteiger partial charge in [-0.1, -0.05) is 35.3 Å². The van der Waals surface area contributed by atoms with Crippen molar-refractivity contribution in [2.75, 3.05) is 13.2 Å². The highest BCUT2D eigenvalue weighted by atomic mass is 35.5. The highest BCUT2D eigenvalue weighted by molar-refractivity contribution is 7.16. The Hall–Kier alpha value is -0.580. The summed E-state index contributed by atoms with van der Waals surface area (Å²) in [6.07, 6.45) is 0.541. The van der Waals surface area contributed by atoms with Gasteiger partial charge in [-0.05, 0) is 36.2 Å². The van der Waals surface area contributed by atoms with E-state index in [9.17, 15) is 10.2 Å². The van der Waals surface area contributed by atoms with Crippen LogP contribution >= 0.6 is 34.5 Å². The third kappa shape index (κ3) is 3.30. The lowest BCUT2D eigenvalue weighted by atomic mass is 9.78. The molecule has 2 aromatic rings. The molecule has 0 bridgehead atoms. The van der Waals surface area contributed by atoms with Crippen LogP contribution in [0.5, 0.6) is 0 Å². The molecule has 2 N–H and O–H groups in total. The predicted octanol–water partition coefficient (Wildman–Crippen LogP) is 3.52. The van der Waals surface area contributed by atoms with E-state index >= 15 is 0 Å². The summed E-state index contributed by atoms with van der Waals surface area (Å²) in [5, 5.41) is 20.1. The van der Waals surface area contributed by atoms with Crippen molar-refractivity contribution in [3.05, 3.63) is 56.2 Å². The third-order valence-electron chi connectivity index (χ3n) is 3.20. The first kappa shape index (κ1) is 14.8. The summed E-state index contributed by atoms with van der Waals surface area (Å²) in [5.74, 6) is 0. The van der Waals surface area contributed by atoms with Crippen LogP contribution in [-0.4, -0.2) is 23.4 Å². The highest BCUT2D eigenvalue weighted by Gasteiger charge is 2.31. The average molecular weight is 317 g/mol. The molecule has 0 saturated heterocycles. The monoisotopic (exact) mass is 316 g/mol. The topological polar surface area (TPSA) is 40.5 Å². The molecule has 1 aromatic heterocycles. The van der Waals surface area contributed by atoms with Gasteiger partial charge < -0.3 is 10.2 Å². The molecule has 0 aliphatic rings. The SMILES string of the molecule is OCC(CO)(Cc1ccc(Cl)s1)c1ccc(Cl)cc1. The molecule has 1 heterocycles. The van der Waals surface area contributed by atoms with E-state index in [-0.39, 0.29) is 13.2 Å². The molecule has 0 unspecified atom stereocenters. The second kappa shape index (κ2) is 6.25. The van der Waals surface area contributed by atoms with Gasteiger partial charge in [0.05, 0.1) is 17.6 Å². The van der Waals surface area contributed by atoms with Gasteiger partial charge in [-0.25, -0.2) is 0 Å². The molecular weight excluding hydrogens is 303 g/mol. The van der Waals surface area contributed by atoms with Crippen molar-refractivity contribution in [3.63, 3.8) is 0 Å². The molecule has 2 rings (SSSR count). The summed E-state index contributed by atoms with van der Waals surface area (Å²) in [7, 11) is 0. The van der Waals surface area contributed by atoms with E-state index in [0.29, 0.717) is 15.8 Å². The van der Waals surface area contributed by atoms with Crippen LogP contribution < -0.4 is 0 Å².